The van der Waals surface area contributed by atoms with E-state index in [1.54, 1.807) is 0 Å². The van der Waals surface area contributed by atoms with Gasteiger partial charge in [-0.1, -0.05) is 135 Å². The van der Waals surface area contributed by atoms with E-state index in [1.807, 2.05) is 24.3 Å². The SMILES string of the molecule is CC(C)c1nc(-c2cc(-c3ccccc3)cc(-c3ccccc3)c2)nc(-c2cc(-c3ccccc3)cc(-c3ccccc3)c2)n1. The summed E-state index contributed by atoms with van der Waals surface area (Å²) < 4.78 is 0. The quantitative estimate of drug-likeness (QED) is 0.188. The van der Waals surface area contributed by atoms with Gasteiger partial charge < -0.3 is 0 Å². The molecular formula is C42H33N3. The molecule has 0 spiro atoms. The third-order valence-corrected chi connectivity index (χ3v) is 7.98. The van der Waals surface area contributed by atoms with Crippen molar-refractivity contribution in [3.05, 3.63) is 164 Å². The Morgan fingerprint density at radius 2 is 0.578 bits per heavy atom. The molecule has 0 saturated carbocycles. The predicted octanol–water partition coefficient (Wildman–Crippen LogP) is 11.0. The summed E-state index contributed by atoms with van der Waals surface area (Å²) in [6.07, 6.45) is 0. The summed E-state index contributed by atoms with van der Waals surface area (Å²) in [5.41, 5.74) is 11.0. The minimum atomic E-state index is 0.127. The van der Waals surface area contributed by atoms with Gasteiger partial charge >= 0.3 is 0 Å². The number of nitrogens with zero attached hydrogens (tertiary/aromatic N) is 3. The molecule has 1 aromatic heterocycles. The monoisotopic (exact) mass is 579 g/mol. The van der Waals surface area contributed by atoms with Crippen LogP contribution in [0, 0.1) is 0 Å². The maximum absolute atomic E-state index is 5.17. The van der Waals surface area contributed by atoms with Crippen molar-refractivity contribution in [2.45, 2.75) is 19.8 Å². The van der Waals surface area contributed by atoms with E-state index in [0.29, 0.717) is 11.6 Å². The summed E-state index contributed by atoms with van der Waals surface area (Å²) in [6.45, 7) is 4.27. The van der Waals surface area contributed by atoms with Crippen molar-refractivity contribution < 1.29 is 0 Å². The number of hydrogen-bond donors (Lipinski definition) is 0. The highest BCUT2D eigenvalue weighted by atomic mass is 15.0. The van der Waals surface area contributed by atoms with Crippen molar-refractivity contribution in [3.63, 3.8) is 0 Å². The average molecular weight is 580 g/mol. The maximum Gasteiger partial charge on any atom is 0.163 e. The van der Waals surface area contributed by atoms with Crippen LogP contribution in [0.15, 0.2) is 158 Å². The molecule has 0 fully saturated rings. The van der Waals surface area contributed by atoms with E-state index in [2.05, 4.69) is 147 Å². The van der Waals surface area contributed by atoms with Crippen molar-refractivity contribution in [1.82, 2.24) is 15.0 Å². The molecule has 7 aromatic rings. The lowest BCUT2D eigenvalue weighted by Crippen LogP contribution is -2.05. The minimum Gasteiger partial charge on any atom is -0.213 e. The van der Waals surface area contributed by atoms with Crippen molar-refractivity contribution in [2.24, 2.45) is 0 Å². The molecule has 0 bridgehead atoms. The first-order valence-electron chi connectivity index (χ1n) is 15.4. The van der Waals surface area contributed by atoms with Gasteiger partial charge in [-0.25, -0.2) is 15.0 Å². The van der Waals surface area contributed by atoms with E-state index in [4.69, 9.17) is 15.0 Å². The van der Waals surface area contributed by atoms with Gasteiger partial charge in [0.2, 0.25) is 0 Å². The van der Waals surface area contributed by atoms with E-state index in [0.717, 1.165) is 61.5 Å². The lowest BCUT2D eigenvalue weighted by molar-refractivity contribution is 0.766. The first-order valence-corrected chi connectivity index (χ1v) is 15.4. The summed E-state index contributed by atoms with van der Waals surface area (Å²) >= 11 is 0. The Bertz CT molecular complexity index is 1790. The second kappa shape index (κ2) is 12.5. The molecule has 0 N–H and O–H groups in total. The maximum atomic E-state index is 5.17. The highest BCUT2D eigenvalue weighted by molar-refractivity contribution is 5.82. The number of hydrogen-bond acceptors (Lipinski definition) is 3. The van der Waals surface area contributed by atoms with E-state index in [9.17, 15) is 0 Å². The van der Waals surface area contributed by atoms with Gasteiger partial charge in [-0.2, -0.15) is 0 Å². The van der Waals surface area contributed by atoms with Crippen LogP contribution in [0.5, 0.6) is 0 Å². The van der Waals surface area contributed by atoms with Gasteiger partial charge in [0.15, 0.2) is 11.6 Å². The molecule has 216 valence electrons. The zero-order valence-electron chi connectivity index (χ0n) is 25.4. The first kappa shape index (κ1) is 28.1. The van der Waals surface area contributed by atoms with Crippen molar-refractivity contribution >= 4 is 0 Å². The Kier molecular flexibility index (Phi) is 7.82. The smallest absolute Gasteiger partial charge is 0.163 e. The van der Waals surface area contributed by atoms with E-state index in [1.165, 1.54) is 0 Å². The molecule has 0 atom stereocenters. The second-order valence-electron chi connectivity index (χ2n) is 11.6. The van der Waals surface area contributed by atoms with Crippen molar-refractivity contribution in [2.75, 3.05) is 0 Å². The van der Waals surface area contributed by atoms with Gasteiger partial charge in [0.1, 0.15) is 5.82 Å². The van der Waals surface area contributed by atoms with Gasteiger partial charge in [-0.05, 0) is 80.9 Å². The molecule has 3 nitrogen and oxygen atoms in total. The molecule has 0 unspecified atom stereocenters. The minimum absolute atomic E-state index is 0.127. The highest BCUT2D eigenvalue weighted by Crippen LogP contribution is 2.35. The van der Waals surface area contributed by atoms with Crippen LogP contribution in [0.4, 0.5) is 0 Å². The molecule has 0 aliphatic rings. The summed E-state index contributed by atoms with van der Waals surface area (Å²) in [7, 11) is 0. The molecule has 0 amide bonds. The standard InChI is InChI=1S/C42H33N3/c1-29(2)40-43-41(38-25-34(30-15-7-3-8-16-30)23-35(26-38)31-17-9-4-10-18-31)45-42(44-40)39-27-36(32-19-11-5-12-20-32)24-37(28-39)33-21-13-6-14-22-33/h3-29H,1-2H3. The Hall–Kier alpha value is -5.67. The molecule has 0 aliphatic heterocycles. The summed E-state index contributed by atoms with van der Waals surface area (Å²) in [4.78, 5) is 15.2. The fraction of sp³-hybridized carbons (Fsp3) is 0.0714. The highest BCUT2D eigenvalue weighted by Gasteiger charge is 2.17. The molecule has 0 aliphatic carbocycles. The van der Waals surface area contributed by atoms with E-state index in [-0.39, 0.29) is 5.92 Å². The summed E-state index contributed by atoms with van der Waals surface area (Å²) in [6, 6.07) is 55.2. The Labute approximate surface area is 265 Å². The molecule has 7 rings (SSSR count). The van der Waals surface area contributed by atoms with Gasteiger partial charge in [0.05, 0.1) is 0 Å². The van der Waals surface area contributed by atoms with Crippen LogP contribution in [0.25, 0.3) is 67.3 Å². The molecule has 1 heterocycles. The third-order valence-electron chi connectivity index (χ3n) is 7.98. The Morgan fingerprint density at radius 1 is 0.311 bits per heavy atom. The molecular weight excluding hydrogens is 546 g/mol. The van der Waals surface area contributed by atoms with Gasteiger partial charge in [0, 0.05) is 17.0 Å². The average Bonchev–Trinajstić information content (AvgIpc) is 3.12. The normalized spacial score (nSPS) is 11.1. The van der Waals surface area contributed by atoms with Crippen LogP contribution in [-0.4, -0.2) is 15.0 Å². The fourth-order valence-corrected chi connectivity index (χ4v) is 5.61. The molecule has 3 heteroatoms. The largest absolute Gasteiger partial charge is 0.213 e. The number of benzene rings is 6. The zero-order chi connectivity index (χ0) is 30.6. The number of rotatable bonds is 7. The van der Waals surface area contributed by atoms with Crippen molar-refractivity contribution in [1.29, 1.82) is 0 Å². The zero-order valence-corrected chi connectivity index (χ0v) is 25.4. The molecule has 45 heavy (non-hydrogen) atoms. The third kappa shape index (κ3) is 6.20. The van der Waals surface area contributed by atoms with Crippen LogP contribution in [0.3, 0.4) is 0 Å². The van der Waals surface area contributed by atoms with Crippen LogP contribution >= 0.6 is 0 Å². The predicted molar refractivity (Wildman–Crippen MR) is 187 cm³/mol. The van der Waals surface area contributed by atoms with Crippen molar-refractivity contribution in [3.8, 4) is 67.3 Å². The topological polar surface area (TPSA) is 38.7 Å². The Balaban J connectivity index is 1.43. The van der Waals surface area contributed by atoms with Crippen LogP contribution < -0.4 is 0 Å². The first-order chi connectivity index (χ1) is 22.1. The van der Waals surface area contributed by atoms with E-state index >= 15 is 0 Å². The lowest BCUT2D eigenvalue weighted by Gasteiger charge is -2.14. The molecule has 0 radical (unpaired) electrons. The lowest BCUT2D eigenvalue weighted by atomic mass is 9.95. The fourth-order valence-electron chi connectivity index (χ4n) is 5.61. The van der Waals surface area contributed by atoms with Crippen LogP contribution in [0.1, 0.15) is 25.6 Å². The second-order valence-corrected chi connectivity index (χ2v) is 11.6. The van der Waals surface area contributed by atoms with Gasteiger partial charge in [0.25, 0.3) is 0 Å². The summed E-state index contributed by atoms with van der Waals surface area (Å²) in [5, 5.41) is 0. The molecule has 6 aromatic carbocycles. The number of aromatic nitrogens is 3. The Morgan fingerprint density at radius 3 is 0.844 bits per heavy atom. The summed E-state index contributed by atoms with van der Waals surface area (Å²) in [5.74, 6) is 2.24. The van der Waals surface area contributed by atoms with E-state index < -0.39 is 0 Å². The van der Waals surface area contributed by atoms with Crippen LogP contribution in [-0.2, 0) is 0 Å². The van der Waals surface area contributed by atoms with Crippen LogP contribution in [0.2, 0.25) is 0 Å². The molecule has 0 saturated heterocycles. The van der Waals surface area contributed by atoms with Gasteiger partial charge in [-0.15, -0.1) is 0 Å². The van der Waals surface area contributed by atoms with Gasteiger partial charge in [-0.3, -0.25) is 0 Å².